The summed E-state index contributed by atoms with van der Waals surface area (Å²) in [7, 11) is 0. The van der Waals surface area contributed by atoms with Crippen LogP contribution in [0.25, 0.3) is 0 Å². The number of carbonyl (C=O) groups is 1. The summed E-state index contributed by atoms with van der Waals surface area (Å²) in [5.74, 6) is 0.101. The molecule has 0 atom stereocenters. The van der Waals surface area contributed by atoms with Crippen molar-refractivity contribution in [3.8, 4) is 0 Å². The van der Waals surface area contributed by atoms with Crippen molar-refractivity contribution in [2.75, 3.05) is 0 Å². The predicted molar refractivity (Wildman–Crippen MR) is 215 cm³/mol. The van der Waals surface area contributed by atoms with Gasteiger partial charge in [-0.25, -0.2) is 0 Å². The van der Waals surface area contributed by atoms with Crippen LogP contribution in [0.4, 0.5) is 105 Å². The third kappa shape index (κ3) is 13.5. The molecule has 0 fully saturated rings. The molecule has 2 nitrogen and oxygen atoms in total. The molecule has 0 spiro atoms. The van der Waals surface area contributed by atoms with E-state index in [1.165, 1.54) is 0 Å². The summed E-state index contributed by atoms with van der Waals surface area (Å²) in [5, 5.41) is 0. The first-order valence-electron chi connectivity index (χ1n) is 19.6. The van der Waals surface area contributed by atoms with E-state index < -0.39 is 195 Å². The van der Waals surface area contributed by atoms with Crippen LogP contribution in [-0.2, 0) is 56.0 Å². The van der Waals surface area contributed by atoms with Crippen molar-refractivity contribution in [3.05, 3.63) is 182 Å². The number of benzene rings is 5. The summed E-state index contributed by atoms with van der Waals surface area (Å²) in [6.07, 6.45) is -51.0. The molecule has 1 heterocycles. The Labute approximate surface area is 401 Å². The van der Waals surface area contributed by atoms with E-state index in [2.05, 4.69) is 15.9 Å². The van der Waals surface area contributed by atoms with Crippen LogP contribution in [0.3, 0.4) is 0 Å². The van der Waals surface area contributed by atoms with Gasteiger partial charge in [-0.2, -0.15) is 132 Å². The van der Waals surface area contributed by atoms with Crippen molar-refractivity contribution in [3.63, 3.8) is 0 Å². The molecule has 73 heavy (non-hydrogen) atoms. The highest BCUT2D eigenvalue weighted by Crippen LogP contribution is 2.41. The summed E-state index contributed by atoms with van der Waals surface area (Å²) in [6.45, 7) is 0.365. The topological polar surface area (TPSA) is 20.9 Å². The second-order valence-electron chi connectivity index (χ2n) is 15.7. The summed E-state index contributed by atoms with van der Waals surface area (Å²) >= 11 is 3.38. The van der Waals surface area contributed by atoms with E-state index in [1.807, 2.05) is 59.4 Å². The van der Waals surface area contributed by atoms with Crippen LogP contribution in [0.5, 0.6) is 0 Å². The lowest BCUT2D eigenvalue weighted by Crippen LogP contribution is -2.75. The van der Waals surface area contributed by atoms with E-state index in [9.17, 15) is 110 Å². The highest BCUT2D eigenvalue weighted by atomic mass is 79.9. The van der Waals surface area contributed by atoms with Gasteiger partial charge in [0, 0.05) is 22.2 Å². The molecular formula is C45H23BBrF24NO. The van der Waals surface area contributed by atoms with Gasteiger partial charge >= 0.3 is 49.4 Å². The Bertz CT molecular complexity index is 2530. The lowest BCUT2D eigenvalue weighted by molar-refractivity contribution is -0.683. The second-order valence-corrected chi connectivity index (χ2v) is 16.5. The van der Waals surface area contributed by atoms with Gasteiger partial charge < -0.3 is 0 Å². The SMILES string of the molecule is FC(F)(F)c1cc([B-](c2cc(C(F)(F)F)cc(C(F)(F)F)c2)(c2cc(C(F)(F)F)cc(C(F)(F)F)c2)c2cc(C(F)(F)F)cc(C(F)(F)F)c2)cc(C(F)(F)F)c1.O=C(C[n+]1ccccc1)c1ccccc1Br. The van der Waals surface area contributed by atoms with Crippen molar-refractivity contribution < 1.29 is 115 Å². The highest BCUT2D eigenvalue weighted by molar-refractivity contribution is 9.10. The Morgan fingerprint density at radius 1 is 0.356 bits per heavy atom. The first-order chi connectivity index (χ1) is 33.0. The maximum absolute atomic E-state index is 14.2. The Balaban J connectivity index is 0.000000520. The molecule has 0 saturated heterocycles. The fourth-order valence-electron chi connectivity index (χ4n) is 7.55. The minimum absolute atomic E-state index is 0.101. The first kappa shape index (κ1) is 57.7. The molecular weight excluding hydrogens is 1120 g/mol. The number of hydrogen-bond acceptors (Lipinski definition) is 1. The van der Waals surface area contributed by atoms with E-state index in [1.54, 1.807) is 0 Å². The van der Waals surface area contributed by atoms with E-state index in [4.69, 9.17) is 0 Å². The lowest BCUT2D eigenvalue weighted by atomic mass is 9.12. The molecule has 1 aromatic heterocycles. The zero-order valence-electron chi connectivity index (χ0n) is 35.2. The minimum Gasteiger partial charge on any atom is -0.287 e. The second kappa shape index (κ2) is 19.9. The average Bonchev–Trinajstić information content (AvgIpc) is 3.24. The number of rotatable bonds is 7. The van der Waals surface area contributed by atoms with Gasteiger partial charge in [-0.15, -0.1) is 0 Å². The van der Waals surface area contributed by atoms with Gasteiger partial charge in [0.05, 0.1) is 44.5 Å². The number of ketones is 1. The molecule has 0 aliphatic carbocycles. The Morgan fingerprint density at radius 2 is 0.589 bits per heavy atom. The van der Waals surface area contributed by atoms with Gasteiger partial charge in [0.1, 0.15) is 6.15 Å². The van der Waals surface area contributed by atoms with Crippen LogP contribution >= 0.6 is 15.9 Å². The Morgan fingerprint density at radius 3 is 0.808 bits per heavy atom. The lowest BCUT2D eigenvalue weighted by Gasteiger charge is -2.46. The summed E-state index contributed by atoms with van der Waals surface area (Å²) < 4.78 is 344. The molecule has 0 radical (unpaired) electrons. The molecule has 0 aliphatic rings. The molecule has 0 saturated carbocycles. The van der Waals surface area contributed by atoms with Crippen LogP contribution in [0, 0.1) is 0 Å². The smallest absolute Gasteiger partial charge is 0.287 e. The van der Waals surface area contributed by atoms with Crippen molar-refractivity contribution in [1.82, 2.24) is 0 Å². The maximum atomic E-state index is 14.2. The number of alkyl halides is 24. The average molecular weight is 1140 g/mol. The van der Waals surface area contributed by atoms with E-state index in [-0.39, 0.29) is 5.78 Å². The first-order valence-corrected chi connectivity index (χ1v) is 20.4. The molecule has 0 amide bonds. The number of halogens is 25. The molecule has 392 valence electrons. The molecule has 6 rings (SSSR count). The zero-order valence-corrected chi connectivity index (χ0v) is 36.8. The number of aromatic nitrogens is 1. The van der Waals surface area contributed by atoms with Gasteiger partial charge in [0.25, 0.3) is 0 Å². The van der Waals surface area contributed by atoms with Crippen molar-refractivity contribution in [1.29, 1.82) is 0 Å². The van der Waals surface area contributed by atoms with Gasteiger partial charge in [0.2, 0.25) is 12.3 Å². The fraction of sp³-hybridized carbons (Fsp3) is 0.200. The van der Waals surface area contributed by atoms with Gasteiger partial charge in [-0.3, -0.25) is 4.79 Å². The Kier molecular flexibility index (Phi) is 15.7. The highest BCUT2D eigenvalue weighted by Gasteiger charge is 2.47. The molecule has 28 heteroatoms. The van der Waals surface area contributed by atoms with Gasteiger partial charge in [0.15, 0.2) is 12.4 Å². The standard InChI is InChI=1S/C32H12BF24.C13H11BrNO/c34-25(35,36)13-1-14(26(37,38)39)6-21(5-13)33(22-7-15(27(40,41)42)2-16(8-22)28(43,44)45,23-9-17(29(46,47)48)3-18(10-23)30(49,50)51)24-11-19(31(52,53)54)4-20(12-24)32(55,56)57;14-12-7-3-2-6-11(12)13(16)10-15-8-4-1-5-9-15/h1-12H;1-9H,10H2/q-1;+1. The molecule has 0 bridgehead atoms. The van der Waals surface area contributed by atoms with Crippen LogP contribution in [0.1, 0.15) is 54.9 Å². The summed E-state index contributed by atoms with van der Waals surface area (Å²) in [4.78, 5) is 12.0. The predicted octanol–water partition coefficient (Wildman–Crippen LogP) is 13.8. The molecule has 6 aromatic rings. The quantitative estimate of drug-likeness (QED) is 0.0675. The van der Waals surface area contributed by atoms with E-state index in [0.29, 0.717) is 6.54 Å². The number of nitrogens with zero attached hydrogens (tertiary/aromatic N) is 1. The van der Waals surface area contributed by atoms with Crippen LogP contribution in [-0.4, -0.2) is 11.9 Å². The molecule has 0 N–H and O–H groups in total. The molecule has 0 aliphatic heterocycles. The third-order valence-corrected chi connectivity index (χ3v) is 11.4. The van der Waals surface area contributed by atoms with Crippen molar-refractivity contribution in [2.45, 2.75) is 56.0 Å². The van der Waals surface area contributed by atoms with Crippen LogP contribution in [0.15, 0.2) is 132 Å². The number of pyridine rings is 1. The summed E-state index contributed by atoms with van der Waals surface area (Å²) in [6, 6.07) is 4.41. The normalized spacial score (nSPS) is 13.4. The van der Waals surface area contributed by atoms with Crippen LogP contribution in [0.2, 0.25) is 0 Å². The minimum atomic E-state index is -6.13. The van der Waals surface area contributed by atoms with Gasteiger partial charge in [-0.1, -0.05) is 88.7 Å². The van der Waals surface area contributed by atoms with E-state index in [0.717, 1.165) is 10.0 Å². The van der Waals surface area contributed by atoms with E-state index >= 15 is 0 Å². The zero-order chi connectivity index (χ0) is 55.3. The number of carbonyl (C=O) groups excluding carboxylic acids is 1. The Hall–Kier alpha value is -6.22. The maximum Gasteiger partial charge on any atom is 0.416 e. The third-order valence-electron chi connectivity index (χ3n) is 10.7. The largest absolute Gasteiger partial charge is 0.416 e. The van der Waals surface area contributed by atoms with Gasteiger partial charge in [-0.05, 0) is 30.3 Å². The monoisotopic (exact) mass is 1140 g/mol. The number of hydrogen-bond donors (Lipinski definition) is 0. The number of Topliss-reactive ketones (excluding diaryl/α,β-unsaturated/α-hetero) is 1. The van der Waals surface area contributed by atoms with Crippen LogP contribution < -0.4 is 26.4 Å². The fourth-order valence-corrected chi connectivity index (χ4v) is 8.05. The summed E-state index contributed by atoms with van der Waals surface area (Å²) in [5.41, 5.74) is -29.5. The van der Waals surface area contributed by atoms with Crippen molar-refractivity contribution >= 4 is 49.7 Å². The van der Waals surface area contributed by atoms with Crippen molar-refractivity contribution in [2.24, 2.45) is 0 Å². The molecule has 0 unspecified atom stereocenters. The molecule has 5 aromatic carbocycles.